The molecule has 76 valence electrons. The van der Waals surface area contributed by atoms with Gasteiger partial charge in [-0.05, 0) is 25.0 Å². The molecule has 0 saturated heterocycles. The van der Waals surface area contributed by atoms with E-state index in [4.69, 9.17) is 23.2 Å². The van der Waals surface area contributed by atoms with E-state index in [0.717, 1.165) is 0 Å². The minimum Gasteiger partial charge on any atom is -0.506 e. The maximum Gasteiger partial charge on any atom is 0.163 e. The third kappa shape index (κ3) is 1.86. The highest BCUT2D eigenvalue weighted by molar-refractivity contribution is 6.37. The van der Waals surface area contributed by atoms with Crippen molar-refractivity contribution in [2.24, 2.45) is 0 Å². The van der Waals surface area contributed by atoms with Crippen LogP contribution in [0.1, 0.15) is 29.8 Å². The zero-order chi connectivity index (χ0) is 10.9. The highest BCUT2D eigenvalue weighted by Crippen LogP contribution is 2.36. The summed E-state index contributed by atoms with van der Waals surface area (Å²) in [5, 5.41) is 10.2. The summed E-state index contributed by atoms with van der Waals surface area (Å²) in [4.78, 5) is 11.1. The number of hydrogen-bond acceptors (Lipinski definition) is 2. The summed E-state index contributed by atoms with van der Waals surface area (Å²) < 4.78 is 0. The van der Waals surface area contributed by atoms with Gasteiger partial charge in [0.15, 0.2) is 5.78 Å². The van der Waals surface area contributed by atoms with E-state index in [-0.39, 0.29) is 22.1 Å². The summed E-state index contributed by atoms with van der Waals surface area (Å²) in [7, 11) is 0. The fourth-order valence-electron chi connectivity index (χ4n) is 1.24. The standard InChI is InChI=1S/C10H10Cl2O2/c1-3-6-8(11)4-7(5(2)13)10(14)9(6)12/h4,14H,3H2,1-2H3. The molecular formula is C10H10Cl2O2. The van der Waals surface area contributed by atoms with Crippen LogP contribution in [0.25, 0.3) is 0 Å². The van der Waals surface area contributed by atoms with Gasteiger partial charge in [-0.25, -0.2) is 0 Å². The molecule has 0 spiro atoms. The number of ketones is 1. The first-order chi connectivity index (χ1) is 6.49. The van der Waals surface area contributed by atoms with Crippen molar-refractivity contribution in [3.05, 3.63) is 27.2 Å². The van der Waals surface area contributed by atoms with E-state index >= 15 is 0 Å². The molecule has 0 radical (unpaired) electrons. The monoisotopic (exact) mass is 232 g/mol. The summed E-state index contributed by atoms with van der Waals surface area (Å²) in [6.07, 6.45) is 0.614. The molecule has 2 nitrogen and oxygen atoms in total. The molecule has 0 aliphatic rings. The highest BCUT2D eigenvalue weighted by Gasteiger charge is 2.16. The molecule has 0 fully saturated rings. The molecule has 0 heterocycles. The Balaban J connectivity index is 3.47. The molecule has 0 bridgehead atoms. The molecule has 0 amide bonds. The number of carbonyl (C=O) groups excluding carboxylic acids is 1. The number of Topliss-reactive ketones (excluding diaryl/α,β-unsaturated/α-hetero) is 1. The Hall–Kier alpha value is -0.730. The smallest absolute Gasteiger partial charge is 0.163 e. The lowest BCUT2D eigenvalue weighted by Gasteiger charge is -2.09. The largest absolute Gasteiger partial charge is 0.506 e. The molecule has 0 aliphatic heterocycles. The zero-order valence-corrected chi connectivity index (χ0v) is 9.41. The van der Waals surface area contributed by atoms with E-state index in [9.17, 15) is 9.90 Å². The zero-order valence-electron chi connectivity index (χ0n) is 7.90. The van der Waals surface area contributed by atoms with E-state index in [1.807, 2.05) is 6.92 Å². The van der Waals surface area contributed by atoms with Crippen molar-refractivity contribution in [2.45, 2.75) is 20.3 Å². The number of phenols is 1. The van der Waals surface area contributed by atoms with Gasteiger partial charge in [-0.2, -0.15) is 0 Å². The molecule has 0 aromatic heterocycles. The van der Waals surface area contributed by atoms with Crippen molar-refractivity contribution in [2.75, 3.05) is 0 Å². The molecule has 4 heteroatoms. The third-order valence-electron chi connectivity index (χ3n) is 2.02. The average molecular weight is 233 g/mol. The second-order valence-electron chi connectivity index (χ2n) is 2.96. The van der Waals surface area contributed by atoms with Crippen molar-refractivity contribution in [1.29, 1.82) is 0 Å². The lowest BCUT2D eigenvalue weighted by molar-refractivity contribution is 0.101. The first-order valence-electron chi connectivity index (χ1n) is 4.19. The molecule has 1 rings (SSSR count). The Bertz CT molecular complexity index is 386. The van der Waals surface area contributed by atoms with E-state index in [1.54, 1.807) is 0 Å². The van der Waals surface area contributed by atoms with E-state index in [2.05, 4.69) is 0 Å². The van der Waals surface area contributed by atoms with Gasteiger partial charge in [0.1, 0.15) is 5.75 Å². The lowest BCUT2D eigenvalue weighted by atomic mass is 10.1. The minimum absolute atomic E-state index is 0.164. The Kier molecular flexibility index (Phi) is 3.40. The third-order valence-corrected chi connectivity index (χ3v) is 2.76. The molecule has 0 saturated carbocycles. The van der Waals surface area contributed by atoms with Crippen LogP contribution < -0.4 is 0 Å². The summed E-state index contributed by atoms with van der Waals surface area (Å²) in [6, 6.07) is 1.45. The minimum atomic E-state index is -0.256. The first-order valence-corrected chi connectivity index (χ1v) is 4.95. The van der Waals surface area contributed by atoms with Crippen LogP contribution in [0.4, 0.5) is 0 Å². The van der Waals surface area contributed by atoms with Crippen molar-refractivity contribution in [3.8, 4) is 5.75 Å². The van der Waals surface area contributed by atoms with Crippen LogP contribution in [0.15, 0.2) is 6.07 Å². The van der Waals surface area contributed by atoms with Crippen molar-refractivity contribution in [3.63, 3.8) is 0 Å². The molecule has 0 unspecified atom stereocenters. The van der Waals surface area contributed by atoms with Crippen LogP contribution in [0.5, 0.6) is 5.75 Å². The van der Waals surface area contributed by atoms with Crippen LogP contribution in [-0.4, -0.2) is 10.9 Å². The number of phenolic OH excluding ortho intramolecular Hbond substituents is 1. The first kappa shape index (κ1) is 11.3. The summed E-state index contributed by atoms with van der Waals surface area (Å²) in [5.41, 5.74) is 0.827. The van der Waals surface area contributed by atoms with Crippen molar-refractivity contribution in [1.82, 2.24) is 0 Å². The van der Waals surface area contributed by atoms with Crippen LogP contribution >= 0.6 is 23.2 Å². The number of hydrogen-bond donors (Lipinski definition) is 1. The van der Waals surface area contributed by atoms with Gasteiger partial charge < -0.3 is 5.11 Å². The topological polar surface area (TPSA) is 37.3 Å². The molecule has 1 aromatic rings. The molecule has 1 aromatic carbocycles. The highest BCUT2D eigenvalue weighted by atomic mass is 35.5. The van der Waals surface area contributed by atoms with E-state index in [1.165, 1.54) is 13.0 Å². The Labute approximate surface area is 92.5 Å². The van der Waals surface area contributed by atoms with Gasteiger partial charge in [-0.3, -0.25) is 4.79 Å². The number of aromatic hydroxyl groups is 1. The van der Waals surface area contributed by atoms with Crippen molar-refractivity contribution < 1.29 is 9.90 Å². The van der Waals surface area contributed by atoms with Crippen LogP contribution in [0.3, 0.4) is 0 Å². The van der Waals surface area contributed by atoms with Gasteiger partial charge in [-0.15, -0.1) is 0 Å². The maximum absolute atomic E-state index is 11.1. The van der Waals surface area contributed by atoms with Gasteiger partial charge in [-0.1, -0.05) is 30.1 Å². The fraction of sp³-hybridized carbons (Fsp3) is 0.300. The van der Waals surface area contributed by atoms with E-state index < -0.39 is 0 Å². The predicted octanol–water partition coefficient (Wildman–Crippen LogP) is 3.46. The maximum atomic E-state index is 11.1. The van der Waals surface area contributed by atoms with Gasteiger partial charge in [0.05, 0.1) is 10.6 Å². The predicted molar refractivity (Wildman–Crippen MR) is 57.5 cm³/mol. The molecule has 14 heavy (non-hydrogen) atoms. The van der Waals surface area contributed by atoms with Crippen LogP contribution in [0, 0.1) is 0 Å². The van der Waals surface area contributed by atoms with Gasteiger partial charge in [0, 0.05) is 5.02 Å². The SMILES string of the molecule is CCc1c(Cl)cc(C(C)=O)c(O)c1Cl. The van der Waals surface area contributed by atoms with Crippen LogP contribution in [-0.2, 0) is 6.42 Å². The summed E-state index contributed by atoms with van der Waals surface area (Å²) in [5.74, 6) is -0.436. The van der Waals surface area contributed by atoms with Crippen LogP contribution in [0.2, 0.25) is 10.0 Å². The number of halogens is 2. The van der Waals surface area contributed by atoms with Gasteiger partial charge in [0.2, 0.25) is 0 Å². The summed E-state index contributed by atoms with van der Waals surface area (Å²) >= 11 is 11.8. The Morgan fingerprint density at radius 1 is 1.50 bits per heavy atom. The Morgan fingerprint density at radius 2 is 2.07 bits per heavy atom. The fourth-order valence-corrected chi connectivity index (χ4v) is 1.96. The molecule has 1 N–H and O–H groups in total. The average Bonchev–Trinajstić information content (AvgIpc) is 2.12. The molecule has 0 aliphatic carbocycles. The van der Waals surface area contributed by atoms with Gasteiger partial charge >= 0.3 is 0 Å². The number of rotatable bonds is 2. The van der Waals surface area contributed by atoms with Gasteiger partial charge in [0.25, 0.3) is 0 Å². The van der Waals surface area contributed by atoms with E-state index in [0.29, 0.717) is 17.0 Å². The Morgan fingerprint density at radius 3 is 2.50 bits per heavy atom. The molecular weight excluding hydrogens is 223 g/mol. The molecule has 0 atom stereocenters. The number of carbonyl (C=O) groups is 1. The number of benzene rings is 1. The lowest BCUT2D eigenvalue weighted by Crippen LogP contribution is -1.96. The van der Waals surface area contributed by atoms with Crippen molar-refractivity contribution >= 4 is 29.0 Å². The quantitative estimate of drug-likeness (QED) is 0.794. The second-order valence-corrected chi connectivity index (χ2v) is 3.74. The second kappa shape index (κ2) is 4.20. The summed E-state index contributed by atoms with van der Waals surface area (Å²) in [6.45, 7) is 3.23. The normalized spacial score (nSPS) is 10.3.